The highest BCUT2D eigenvalue weighted by Crippen LogP contribution is 2.42. The summed E-state index contributed by atoms with van der Waals surface area (Å²) in [7, 11) is 1.50. The number of carbonyl (C=O) groups excluding carboxylic acids is 1. The standard InChI is InChI=1S/C25H30FNO2/c1-29-24(28)25(21-5-3-2-4-6-21)15-11-23(12-16-25)27-17-13-20(14-18-27)19-7-9-22(26)10-8-19/h2-10,20,23H,11-18H2,1H3. The Balaban J connectivity index is 1.38. The van der Waals surface area contributed by atoms with E-state index in [0.29, 0.717) is 12.0 Å². The van der Waals surface area contributed by atoms with Gasteiger partial charge in [-0.1, -0.05) is 42.5 Å². The molecule has 0 unspecified atom stereocenters. The zero-order chi connectivity index (χ0) is 20.3. The van der Waals surface area contributed by atoms with Crippen molar-refractivity contribution in [3.63, 3.8) is 0 Å². The topological polar surface area (TPSA) is 29.5 Å². The fourth-order valence-corrected chi connectivity index (χ4v) is 5.36. The maximum Gasteiger partial charge on any atom is 0.316 e. The Morgan fingerprint density at radius 1 is 0.966 bits per heavy atom. The molecule has 2 fully saturated rings. The molecule has 0 N–H and O–H groups in total. The summed E-state index contributed by atoms with van der Waals surface area (Å²) in [5.41, 5.74) is 1.84. The SMILES string of the molecule is COC(=O)C1(c2ccccc2)CCC(N2CCC(c3ccc(F)cc3)CC2)CC1. The fourth-order valence-electron chi connectivity index (χ4n) is 5.36. The molecule has 0 atom stereocenters. The van der Waals surface area contributed by atoms with Gasteiger partial charge in [0.15, 0.2) is 0 Å². The second-order valence-corrected chi connectivity index (χ2v) is 8.53. The number of methoxy groups -OCH3 is 1. The van der Waals surface area contributed by atoms with E-state index in [1.165, 1.54) is 12.7 Å². The molecule has 0 aromatic heterocycles. The Kier molecular flexibility index (Phi) is 6.00. The maximum absolute atomic E-state index is 13.2. The van der Waals surface area contributed by atoms with Gasteiger partial charge in [0.1, 0.15) is 5.82 Å². The average molecular weight is 396 g/mol. The molecular weight excluding hydrogens is 365 g/mol. The van der Waals surface area contributed by atoms with Crippen LogP contribution in [0.3, 0.4) is 0 Å². The molecule has 0 bridgehead atoms. The predicted molar refractivity (Wildman–Crippen MR) is 112 cm³/mol. The Hall–Kier alpha value is -2.20. The average Bonchev–Trinajstić information content (AvgIpc) is 2.80. The molecule has 2 aromatic rings. The lowest BCUT2D eigenvalue weighted by atomic mass is 9.67. The Morgan fingerprint density at radius 2 is 1.59 bits per heavy atom. The van der Waals surface area contributed by atoms with Crippen LogP contribution in [0.25, 0.3) is 0 Å². The van der Waals surface area contributed by atoms with Crippen LogP contribution in [0, 0.1) is 5.82 Å². The number of nitrogens with zero attached hydrogens (tertiary/aromatic N) is 1. The summed E-state index contributed by atoms with van der Waals surface area (Å²) in [6.07, 6.45) is 5.95. The molecule has 1 saturated carbocycles. The van der Waals surface area contributed by atoms with Crippen molar-refractivity contribution in [1.29, 1.82) is 0 Å². The molecule has 2 aromatic carbocycles. The molecule has 1 aliphatic carbocycles. The molecule has 3 nitrogen and oxygen atoms in total. The van der Waals surface area contributed by atoms with Gasteiger partial charge in [-0.3, -0.25) is 4.79 Å². The molecule has 4 rings (SSSR count). The smallest absolute Gasteiger partial charge is 0.316 e. The highest BCUT2D eigenvalue weighted by molar-refractivity contribution is 5.83. The Morgan fingerprint density at radius 3 is 2.17 bits per heavy atom. The van der Waals surface area contributed by atoms with Crippen LogP contribution in [0.1, 0.15) is 55.6 Å². The van der Waals surface area contributed by atoms with Crippen LogP contribution in [0.2, 0.25) is 0 Å². The van der Waals surface area contributed by atoms with Gasteiger partial charge in [-0.25, -0.2) is 4.39 Å². The highest BCUT2D eigenvalue weighted by atomic mass is 19.1. The molecule has 1 aliphatic heterocycles. The number of halogens is 1. The zero-order valence-corrected chi connectivity index (χ0v) is 17.1. The number of likely N-dealkylation sites (tertiary alicyclic amines) is 1. The minimum atomic E-state index is -0.501. The van der Waals surface area contributed by atoms with Crippen LogP contribution in [-0.2, 0) is 14.9 Å². The first-order chi connectivity index (χ1) is 14.1. The van der Waals surface area contributed by atoms with Crippen molar-refractivity contribution >= 4 is 5.97 Å². The number of hydrogen-bond donors (Lipinski definition) is 0. The number of esters is 1. The molecule has 0 radical (unpaired) electrons. The first-order valence-electron chi connectivity index (χ1n) is 10.8. The quantitative estimate of drug-likeness (QED) is 0.678. The molecular formula is C25H30FNO2. The molecule has 29 heavy (non-hydrogen) atoms. The second kappa shape index (κ2) is 8.66. The van der Waals surface area contributed by atoms with Crippen molar-refractivity contribution in [2.75, 3.05) is 20.2 Å². The third-order valence-corrected chi connectivity index (χ3v) is 7.10. The predicted octanol–water partition coefficient (Wildman–Crippen LogP) is 5.06. The number of hydrogen-bond acceptors (Lipinski definition) is 3. The number of benzene rings is 2. The van der Waals surface area contributed by atoms with E-state index < -0.39 is 5.41 Å². The first-order valence-corrected chi connectivity index (χ1v) is 10.8. The zero-order valence-electron chi connectivity index (χ0n) is 17.1. The van der Waals surface area contributed by atoms with Gasteiger partial charge in [0, 0.05) is 6.04 Å². The minimum Gasteiger partial charge on any atom is -0.468 e. The largest absolute Gasteiger partial charge is 0.468 e. The Labute approximate surface area is 172 Å². The van der Waals surface area contributed by atoms with Crippen molar-refractivity contribution in [2.45, 2.75) is 55.9 Å². The summed E-state index contributed by atoms with van der Waals surface area (Å²) >= 11 is 0. The van der Waals surface area contributed by atoms with Crippen LogP contribution in [0.5, 0.6) is 0 Å². The summed E-state index contributed by atoms with van der Waals surface area (Å²) in [6.45, 7) is 2.15. The van der Waals surface area contributed by atoms with E-state index in [4.69, 9.17) is 4.74 Å². The van der Waals surface area contributed by atoms with Crippen LogP contribution in [0.15, 0.2) is 54.6 Å². The fraction of sp³-hybridized carbons (Fsp3) is 0.480. The van der Waals surface area contributed by atoms with Gasteiger partial charge in [-0.2, -0.15) is 0 Å². The molecule has 1 heterocycles. The third kappa shape index (κ3) is 4.09. The minimum absolute atomic E-state index is 0.0998. The van der Waals surface area contributed by atoms with E-state index in [9.17, 15) is 9.18 Å². The summed E-state index contributed by atoms with van der Waals surface area (Å²) in [5, 5.41) is 0. The van der Waals surface area contributed by atoms with E-state index in [1.807, 2.05) is 30.3 Å². The van der Waals surface area contributed by atoms with E-state index >= 15 is 0 Å². The van der Waals surface area contributed by atoms with Crippen LogP contribution >= 0.6 is 0 Å². The number of rotatable bonds is 4. The van der Waals surface area contributed by atoms with Gasteiger partial charge >= 0.3 is 5.97 Å². The monoisotopic (exact) mass is 395 g/mol. The van der Waals surface area contributed by atoms with Gasteiger partial charge < -0.3 is 9.64 Å². The van der Waals surface area contributed by atoms with Gasteiger partial charge in [0.2, 0.25) is 0 Å². The summed E-state index contributed by atoms with van der Waals surface area (Å²) in [6, 6.07) is 17.7. The number of carbonyl (C=O) groups is 1. The summed E-state index contributed by atoms with van der Waals surface area (Å²) in [4.78, 5) is 15.3. The maximum atomic E-state index is 13.2. The molecule has 154 valence electrons. The van der Waals surface area contributed by atoms with Crippen LogP contribution in [-0.4, -0.2) is 37.1 Å². The number of ether oxygens (including phenoxy) is 1. The summed E-state index contributed by atoms with van der Waals surface area (Å²) in [5.74, 6) is 0.256. The lowest BCUT2D eigenvalue weighted by Crippen LogP contribution is -2.48. The summed E-state index contributed by atoms with van der Waals surface area (Å²) < 4.78 is 18.4. The Bertz CT molecular complexity index is 804. The van der Waals surface area contributed by atoms with E-state index in [-0.39, 0.29) is 11.8 Å². The van der Waals surface area contributed by atoms with Crippen molar-refractivity contribution in [3.8, 4) is 0 Å². The molecule has 4 heteroatoms. The first kappa shape index (κ1) is 20.1. The molecule has 1 saturated heterocycles. The van der Waals surface area contributed by atoms with Crippen molar-refractivity contribution in [1.82, 2.24) is 4.90 Å². The van der Waals surface area contributed by atoms with Gasteiger partial charge in [-0.15, -0.1) is 0 Å². The van der Waals surface area contributed by atoms with Gasteiger partial charge in [0.25, 0.3) is 0 Å². The lowest BCUT2D eigenvalue weighted by Gasteiger charge is -2.44. The normalized spacial score (nSPS) is 26.2. The van der Waals surface area contributed by atoms with Crippen molar-refractivity contribution < 1.29 is 13.9 Å². The molecule has 0 amide bonds. The van der Waals surface area contributed by atoms with E-state index in [0.717, 1.165) is 57.2 Å². The molecule has 2 aliphatic rings. The van der Waals surface area contributed by atoms with Gasteiger partial charge in [-0.05, 0) is 80.8 Å². The lowest BCUT2D eigenvalue weighted by molar-refractivity contribution is -0.149. The third-order valence-electron chi connectivity index (χ3n) is 7.10. The van der Waals surface area contributed by atoms with Crippen LogP contribution in [0.4, 0.5) is 4.39 Å². The van der Waals surface area contributed by atoms with Crippen molar-refractivity contribution in [3.05, 3.63) is 71.5 Å². The van der Waals surface area contributed by atoms with Crippen molar-refractivity contribution in [2.24, 2.45) is 0 Å². The number of piperidine rings is 1. The molecule has 0 spiro atoms. The second-order valence-electron chi connectivity index (χ2n) is 8.53. The highest BCUT2D eigenvalue weighted by Gasteiger charge is 2.45. The van der Waals surface area contributed by atoms with E-state index in [1.54, 1.807) is 12.1 Å². The van der Waals surface area contributed by atoms with Crippen LogP contribution < -0.4 is 0 Å². The van der Waals surface area contributed by atoms with E-state index in [2.05, 4.69) is 17.0 Å². The van der Waals surface area contributed by atoms with Gasteiger partial charge in [0.05, 0.1) is 12.5 Å².